The Morgan fingerprint density at radius 2 is 1.29 bits per heavy atom. The lowest BCUT2D eigenvalue weighted by Crippen LogP contribution is -2.11. The number of hydrogen-bond donors (Lipinski definition) is 1. The molecule has 0 saturated carbocycles. The first-order valence-electron chi connectivity index (χ1n) is 5.39. The third kappa shape index (κ3) is 6.21. The number of rotatable bonds is 2. The van der Waals surface area contributed by atoms with Crippen LogP contribution in [0, 0.1) is 5.82 Å². The fraction of sp³-hybridized carbons (Fsp3) is 0. The van der Waals surface area contributed by atoms with Crippen LogP contribution in [0.4, 0.5) is 4.39 Å². The van der Waals surface area contributed by atoms with Crippen molar-refractivity contribution >= 4 is 29.8 Å². The maximum absolute atomic E-state index is 12.2. The first kappa shape index (κ1) is 17.6. The third-order valence-electron chi connectivity index (χ3n) is 2.17. The van der Waals surface area contributed by atoms with E-state index in [9.17, 15) is 21.2 Å². The van der Waals surface area contributed by atoms with Crippen molar-refractivity contribution in [3.05, 3.63) is 60.4 Å². The molecule has 0 spiro atoms. The normalized spacial score (nSPS) is 11.4. The van der Waals surface area contributed by atoms with Gasteiger partial charge in [-0.1, -0.05) is 18.2 Å². The molecular formula is C12H11ClFNO4S2. The topological polar surface area (TPSA) is 94.3 Å². The van der Waals surface area contributed by atoms with Gasteiger partial charge in [0.05, 0.1) is 9.79 Å². The van der Waals surface area contributed by atoms with Crippen LogP contribution < -0.4 is 5.14 Å². The fourth-order valence-corrected chi connectivity index (χ4v) is 2.51. The molecular weight excluding hydrogens is 341 g/mol. The van der Waals surface area contributed by atoms with Gasteiger partial charge in [-0.3, -0.25) is 0 Å². The summed E-state index contributed by atoms with van der Waals surface area (Å²) in [6, 6.07) is 12.2. The molecule has 0 aliphatic carbocycles. The molecule has 21 heavy (non-hydrogen) atoms. The lowest BCUT2D eigenvalue weighted by atomic mass is 10.4. The highest BCUT2D eigenvalue weighted by Crippen LogP contribution is 2.14. The van der Waals surface area contributed by atoms with Gasteiger partial charge in [0.25, 0.3) is 9.05 Å². The van der Waals surface area contributed by atoms with E-state index in [0.29, 0.717) is 0 Å². The summed E-state index contributed by atoms with van der Waals surface area (Å²) in [5.41, 5.74) is 0. The molecule has 9 heteroatoms. The maximum atomic E-state index is 12.2. The van der Waals surface area contributed by atoms with Crippen molar-refractivity contribution in [2.45, 2.75) is 9.79 Å². The Bertz CT molecular complexity index is 791. The molecule has 2 aromatic carbocycles. The van der Waals surface area contributed by atoms with Crippen molar-refractivity contribution in [2.24, 2.45) is 5.14 Å². The zero-order chi connectivity index (χ0) is 16.1. The number of hydrogen-bond acceptors (Lipinski definition) is 4. The number of benzene rings is 2. The molecule has 0 atom stereocenters. The molecule has 114 valence electrons. The Hall–Kier alpha value is -1.48. The molecule has 0 fully saturated rings. The molecule has 2 aromatic rings. The summed E-state index contributed by atoms with van der Waals surface area (Å²) < 4.78 is 54.6. The van der Waals surface area contributed by atoms with Crippen LogP contribution in [-0.4, -0.2) is 16.8 Å². The van der Waals surface area contributed by atoms with Crippen molar-refractivity contribution in [3.63, 3.8) is 0 Å². The Morgan fingerprint density at radius 3 is 1.62 bits per heavy atom. The second kappa shape index (κ2) is 6.99. The zero-order valence-corrected chi connectivity index (χ0v) is 12.9. The van der Waals surface area contributed by atoms with Crippen LogP contribution in [0.1, 0.15) is 0 Å². The second-order valence-corrected chi connectivity index (χ2v) is 7.88. The minimum Gasteiger partial charge on any atom is -0.225 e. The summed E-state index contributed by atoms with van der Waals surface area (Å²) in [5, 5.41) is 4.83. The highest BCUT2D eigenvalue weighted by Gasteiger charge is 2.08. The molecule has 2 N–H and O–H groups in total. The highest BCUT2D eigenvalue weighted by molar-refractivity contribution is 8.13. The monoisotopic (exact) mass is 351 g/mol. The zero-order valence-electron chi connectivity index (χ0n) is 10.5. The molecule has 0 aliphatic rings. The molecule has 0 bridgehead atoms. The van der Waals surface area contributed by atoms with Gasteiger partial charge in [-0.2, -0.15) is 0 Å². The third-order valence-corrected chi connectivity index (χ3v) is 4.47. The number of primary sulfonamides is 1. The van der Waals surface area contributed by atoms with E-state index in [1.165, 1.54) is 12.1 Å². The van der Waals surface area contributed by atoms with Gasteiger partial charge < -0.3 is 0 Å². The van der Waals surface area contributed by atoms with Crippen molar-refractivity contribution < 1.29 is 21.2 Å². The molecule has 0 aromatic heterocycles. The summed E-state index contributed by atoms with van der Waals surface area (Å²) in [7, 11) is -2.26. The average Bonchev–Trinajstić information content (AvgIpc) is 2.39. The van der Waals surface area contributed by atoms with Crippen LogP contribution in [0.25, 0.3) is 0 Å². The van der Waals surface area contributed by atoms with E-state index < -0.39 is 24.9 Å². The van der Waals surface area contributed by atoms with E-state index in [4.69, 9.17) is 15.8 Å². The van der Waals surface area contributed by atoms with Gasteiger partial charge in [0, 0.05) is 10.7 Å². The Balaban J connectivity index is 0.000000211. The van der Waals surface area contributed by atoms with Crippen molar-refractivity contribution in [3.8, 4) is 0 Å². The second-order valence-electron chi connectivity index (χ2n) is 3.75. The van der Waals surface area contributed by atoms with Gasteiger partial charge in [0.15, 0.2) is 0 Å². The Morgan fingerprint density at radius 1 is 0.810 bits per heavy atom. The summed E-state index contributed by atoms with van der Waals surface area (Å²) in [6.45, 7) is 0. The van der Waals surface area contributed by atoms with Crippen LogP contribution in [0.2, 0.25) is 0 Å². The number of nitrogens with two attached hydrogens (primary N) is 1. The summed E-state index contributed by atoms with van der Waals surface area (Å²) in [6.07, 6.45) is 0. The molecule has 0 heterocycles. The van der Waals surface area contributed by atoms with Gasteiger partial charge in [-0.05, 0) is 36.4 Å². The predicted octanol–water partition coefficient (Wildman–Crippen LogP) is 2.09. The van der Waals surface area contributed by atoms with Crippen molar-refractivity contribution in [1.82, 2.24) is 0 Å². The van der Waals surface area contributed by atoms with Gasteiger partial charge in [0.1, 0.15) is 5.82 Å². The summed E-state index contributed by atoms with van der Waals surface area (Å²) >= 11 is 0. The van der Waals surface area contributed by atoms with Crippen LogP contribution in [0.15, 0.2) is 64.4 Å². The lowest BCUT2D eigenvalue weighted by molar-refractivity contribution is 0.597. The first-order chi connectivity index (χ1) is 9.60. The summed E-state index contributed by atoms with van der Waals surface area (Å²) in [4.78, 5) is 0.0515. The standard InChI is InChI=1S/C6H4ClFO2S.C6H7NO2S/c7-11(9,10)6-3-1-5(8)2-4-6;7-10(8,9)6-4-2-1-3-5-6/h1-4H;1-5H,(H2,7,8,9). The Kier molecular flexibility index (Phi) is 5.85. The van der Waals surface area contributed by atoms with Gasteiger partial charge in [-0.15, -0.1) is 0 Å². The van der Waals surface area contributed by atoms with E-state index in [-0.39, 0.29) is 9.79 Å². The van der Waals surface area contributed by atoms with Crippen LogP contribution in [-0.2, 0) is 19.1 Å². The average molecular weight is 352 g/mol. The van der Waals surface area contributed by atoms with Gasteiger partial charge >= 0.3 is 0 Å². The maximum Gasteiger partial charge on any atom is 0.261 e. The van der Waals surface area contributed by atoms with E-state index >= 15 is 0 Å². The quantitative estimate of drug-likeness (QED) is 0.838. The summed E-state index contributed by atoms with van der Waals surface area (Å²) in [5.74, 6) is -0.492. The predicted molar refractivity (Wildman–Crippen MR) is 77.3 cm³/mol. The van der Waals surface area contributed by atoms with Crippen LogP contribution in [0.5, 0.6) is 0 Å². The lowest BCUT2D eigenvalue weighted by Gasteiger charge is -1.93. The molecule has 0 amide bonds. The van der Waals surface area contributed by atoms with Crippen molar-refractivity contribution in [1.29, 1.82) is 0 Å². The van der Waals surface area contributed by atoms with Gasteiger partial charge in [0.2, 0.25) is 10.0 Å². The van der Waals surface area contributed by atoms with Crippen molar-refractivity contribution in [2.75, 3.05) is 0 Å². The molecule has 0 aliphatic heterocycles. The van der Waals surface area contributed by atoms with Gasteiger partial charge in [-0.25, -0.2) is 26.4 Å². The Labute approximate surface area is 126 Å². The number of sulfonamides is 1. The minimum atomic E-state index is -3.71. The first-order valence-corrected chi connectivity index (χ1v) is 9.24. The van der Waals surface area contributed by atoms with E-state index in [1.807, 2.05) is 0 Å². The van der Waals surface area contributed by atoms with E-state index in [0.717, 1.165) is 24.3 Å². The fourth-order valence-electron chi connectivity index (χ4n) is 1.21. The molecule has 0 unspecified atom stereocenters. The molecule has 5 nitrogen and oxygen atoms in total. The largest absolute Gasteiger partial charge is 0.261 e. The minimum absolute atomic E-state index is 0.0967. The van der Waals surface area contributed by atoms with E-state index in [1.54, 1.807) is 18.2 Å². The van der Waals surface area contributed by atoms with Crippen LogP contribution in [0.3, 0.4) is 0 Å². The molecule has 0 saturated heterocycles. The van der Waals surface area contributed by atoms with E-state index in [2.05, 4.69) is 0 Å². The number of halogens is 2. The smallest absolute Gasteiger partial charge is 0.225 e. The molecule has 0 radical (unpaired) electrons. The van der Waals surface area contributed by atoms with Crippen LogP contribution >= 0.6 is 10.7 Å². The highest BCUT2D eigenvalue weighted by atomic mass is 35.7. The molecule has 2 rings (SSSR count). The SMILES string of the molecule is NS(=O)(=O)c1ccccc1.O=S(=O)(Cl)c1ccc(F)cc1.